The van der Waals surface area contributed by atoms with Crippen LogP contribution in [-0.4, -0.2) is 26.7 Å². The zero-order valence-corrected chi connectivity index (χ0v) is 15.4. The molecule has 1 aliphatic heterocycles. The molecule has 6 nitrogen and oxygen atoms in total. The fourth-order valence-electron chi connectivity index (χ4n) is 2.55. The number of rotatable bonds is 5. The van der Waals surface area contributed by atoms with E-state index in [-0.39, 0.29) is 18.3 Å². The Hall–Kier alpha value is -2.80. The maximum absolute atomic E-state index is 12.5. The van der Waals surface area contributed by atoms with Gasteiger partial charge in [0.25, 0.3) is 5.91 Å². The number of carbonyl (C=O) groups is 1. The summed E-state index contributed by atoms with van der Waals surface area (Å²) in [7, 11) is -3.34. The van der Waals surface area contributed by atoms with Crippen LogP contribution in [0.3, 0.4) is 0 Å². The van der Waals surface area contributed by atoms with Gasteiger partial charge in [0, 0.05) is 11.3 Å². The van der Waals surface area contributed by atoms with Gasteiger partial charge < -0.3 is 10.1 Å². The fraction of sp³-hybridized carbons (Fsp3) is 0.211. The summed E-state index contributed by atoms with van der Waals surface area (Å²) >= 11 is 0. The Morgan fingerprint density at radius 1 is 1.19 bits per heavy atom. The summed E-state index contributed by atoms with van der Waals surface area (Å²) in [5.41, 5.74) is 3.20. The fourth-order valence-corrected chi connectivity index (χ4v) is 3.26. The van der Waals surface area contributed by atoms with Gasteiger partial charge in [0.1, 0.15) is 12.4 Å². The molecule has 0 aromatic heterocycles. The Kier molecular flexibility index (Phi) is 4.99. The molecule has 0 fully saturated rings. The van der Waals surface area contributed by atoms with Gasteiger partial charge in [-0.25, -0.2) is 8.42 Å². The Morgan fingerprint density at radius 3 is 2.69 bits per heavy atom. The first kappa shape index (κ1) is 18.0. The molecule has 3 rings (SSSR count). The summed E-state index contributed by atoms with van der Waals surface area (Å²) in [6.45, 7) is 3.56. The molecule has 1 aliphatic rings. The standard InChI is InChI=1S/C19H20N2O4S/c1-3-26(23,24)21-17-9-8-16(10-13(17)2)20-19(22)15-11-14-6-4-5-7-18(14)25-12-15/h4-11,21H,3,12H2,1-2H3,(H,20,22). The number of hydrogen-bond donors (Lipinski definition) is 2. The zero-order chi connectivity index (χ0) is 18.7. The summed E-state index contributed by atoms with van der Waals surface area (Å²) in [4.78, 5) is 12.5. The van der Waals surface area contributed by atoms with Crippen molar-refractivity contribution in [3.05, 3.63) is 59.2 Å². The molecule has 1 amide bonds. The van der Waals surface area contributed by atoms with E-state index >= 15 is 0 Å². The minimum Gasteiger partial charge on any atom is -0.488 e. The molecule has 1 heterocycles. The molecule has 0 bridgehead atoms. The number of aryl methyl sites for hydroxylation is 1. The van der Waals surface area contributed by atoms with E-state index < -0.39 is 10.0 Å². The predicted octanol–water partition coefficient (Wildman–Crippen LogP) is 3.17. The molecular formula is C19H20N2O4S. The molecule has 26 heavy (non-hydrogen) atoms. The summed E-state index contributed by atoms with van der Waals surface area (Å²) in [6, 6.07) is 12.5. The lowest BCUT2D eigenvalue weighted by atomic mass is 10.1. The van der Waals surface area contributed by atoms with E-state index in [1.54, 1.807) is 32.0 Å². The number of para-hydroxylation sites is 1. The molecule has 0 spiro atoms. The highest BCUT2D eigenvalue weighted by atomic mass is 32.2. The number of hydrogen-bond acceptors (Lipinski definition) is 4. The van der Waals surface area contributed by atoms with E-state index in [0.717, 1.165) is 16.9 Å². The minimum absolute atomic E-state index is 0.000552. The number of sulfonamides is 1. The van der Waals surface area contributed by atoms with E-state index in [2.05, 4.69) is 10.0 Å². The van der Waals surface area contributed by atoms with Gasteiger partial charge in [-0.3, -0.25) is 9.52 Å². The van der Waals surface area contributed by atoms with Crippen LogP contribution in [0.5, 0.6) is 5.75 Å². The van der Waals surface area contributed by atoms with Crippen LogP contribution in [0.4, 0.5) is 11.4 Å². The second-order valence-electron chi connectivity index (χ2n) is 5.99. The van der Waals surface area contributed by atoms with Crippen LogP contribution in [-0.2, 0) is 14.8 Å². The molecule has 2 N–H and O–H groups in total. The van der Waals surface area contributed by atoms with Gasteiger partial charge in [0.2, 0.25) is 10.0 Å². The number of fused-ring (bicyclic) bond motifs is 1. The molecule has 0 radical (unpaired) electrons. The van der Waals surface area contributed by atoms with Gasteiger partial charge in [0.05, 0.1) is 17.0 Å². The van der Waals surface area contributed by atoms with Gasteiger partial charge >= 0.3 is 0 Å². The van der Waals surface area contributed by atoms with Crippen LogP contribution in [0.15, 0.2) is 48.0 Å². The highest BCUT2D eigenvalue weighted by Gasteiger charge is 2.17. The van der Waals surface area contributed by atoms with Gasteiger partial charge in [-0.1, -0.05) is 18.2 Å². The Morgan fingerprint density at radius 2 is 1.96 bits per heavy atom. The minimum atomic E-state index is -3.34. The van der Waals surface area contributed by atoms with Crippen molar-refractivity contribution < 1.29 is 17.9 Å². The lowest BCUT2D eigenvalue weighted by Gasteiger charge is -2.18. The van der Waals surface area contributed by atoms with Crippen molar-refractivity contribution in [2.75, 3.05) is 22.4 Å². The van der Waals surface area contributed by atoms with E-state index in [9.17, 15) is 13.2 Å². The van der Waals surface area contributed by atoms with Gasteiger partial charge in [-0.2, -0.15) is 0 Å². The molecule has 136 valence electrons. The third-order valence-corrected chi connectivity index (χ3v) is 5.34. The molecular weight excluding hydrogens is 352 g/mol. The van der Waals surface area contributed by atoms with Crippen molar-refractivity contribution in [3.8, 4) is 5.75 Å². The van der Waals surface area contributed by atoms with Crippen molar-refractivity contribution in [3.63, 3.8) is 0 Å². The molecule has 7 heteroatoms. The molecule has 0 saturated carbocycles. The topological polar surface area (TPSA) is 84.5 Å². The Bertz CT molecular complexity index is 981. The number of anilines is 2. The molecule has 0 aliphatic carbocycles. The van der Waals surface area contributed by atoms with Crippen LogP contribution in [0, 0.1) is 6.92 Å². The van der Waals surface area contributed by atoms with Gasteiger partial charge in [-0.05, 0) is 49.8 Å². The molecule has 0 saturated heterocycles. The SMILES string of the molecule is CCS(=O)(=O)Nc1ccc(NC(=O)C2=Cc3ccccc3OC2)cc1C. The van der Waals surface area contributed by atoms with E-state index in [1.165, 1.54) is 0 Å². The quantitative estimate of drug-likeness (QED) is 0.844. The average Bonchev–Trinajstić information content (AvgIpc) is 2.63. The second kappa shape index (κ2) is 7.21. The predicted molar refractivity (Wildman–Crippen MR) is 103 cm³/mol. The number of ether oxygens (including phenoxy) is 1. The zero-order valence-electron chi connectivity index (χ0n) is 14.6. The lowest BCUT2D eigenvalue weighted by molar-refractivity contribution is -0.113. The highest BCUT2D eigenvalue weighted by molar-refractivity contribution is 7.92. The smallest absolute Gasteiger partial charge is 0.255 e. The third-order valence-electron chi connectivity index (χ3n) is 4.05. The first-order valence-corrected chi connectivity index (χ1v) is 9.88. The molecule has 0 unspecified atom stereocenters. The highest BCUT2D eigenvalue weighted by Crippen LogP contribution is 2.27. The van der Waals surface area contributed by atoms with E-state index in [4.69, 9.17) is 4.74 Å². The summed E-state index contributed by atoms with van der Waals surface area (Å²) < 4.78 is 31.5. The normalized spacial score (nSPS) is 13.2. The first-order chi connectivity index (χ1) is 12.4. The van der Waals surface area contributed by atoms with E-state index in [0.29, 0.717) is 16.9 Å². The number of carbonyl (C=O) groups excluding carboxylic acids is 1. The average molecular weight is 372 g/mol. The van der Waals surface area contributed by atoms with Crippen molar-refractivity contribution in [1.82, 2.24) is 0 Å². The summed E-state index contributed by atoms with van der Waals surface area (Å²) in [6.07, 6.45) is 1.81. The van der Waals surface area contributed by atoms with Crippen molar-refractivity contribution in [1.29, 1.82) is 0 Å². The molecule has 2 aromatic rings. The molecule has 0 atom stereocenters. The Balaban J connectivity index is 1.74. The third kappa shape index (κ3) is 4.05. The maximum Gasteiger partial charge on any atom is 0.255 e. The van der Waals surface area contributed by atoms with Crippen LogP contribution >= 0.6 is 0 Å². The summed E-state index contributed by atoms with van der Waals surface area (Å²) in [5, 5.41) is 2.82. The van der Waals surface area contributed by atoms with E-state index in [1.807, 2.05) is 30.3 Å². The monoisotopic (exact) mass is 372 g/mol. The van der Waals surface area contributed by atoms with Crippen molar-refractivity contribution in [2.24, 2.45) is 0 Å². The largest absolute Gasteiger partial charge is 0.488 e. The number of amides is 1. The number of nitrogens with one attached hydrogen (secondary N) is 2. The van der Waals surface area contributed by atoms with Gasteiger partial charge in [-0.15, -0.1) is 0 Å². The maximum atomic E-state index is 12.5. The van der Waals surface area contributed by atoms with Crippen molar-refractivity contribution in [2.45, 2.75) is 13.8 Å². The Labute approximate surface area is 152 Å². The lowest BCUT2D eigenvalue weighted by Crippen LogP contribution is -2.21. The van der Waals surface area contributed by atoms with Crippen LogP contribution < -0.4 is 14.8 Å². The van der Waals surface area contributed by atoms with Crippen LogP contribution in [0.2, 0.25) is 0 Å². The second-order valence-corrected chi connectivity index (χ2v) is 8.00. The summed E-state index contributed by atoms with van der Waals surface area (Å²) in [5.74, 6) is 0.508. The molecule has 2 aromatic carbocycles. The first-order valence-electron chi connectivity index (χ1n) is 8.23. The van der Waals surface area contributed by atoms with Crippen LogP contribution in [0.1, 0.15) is 18.1 Å². The van der Waals surface area contributed by atoms with Crippen molar-refractivity contribution >= 4 is 33.4 Å². The number of benzene rings is 2. The van der Waals surface area contributed by atoms with Crippen LogP contribution in [0.25, 0.3) is 6.08 Å². The van der Waals surface area contributed by atoms with Gasteiger partial charge in [0.15, 0.2) is 0 Å².